The first-order valence-corrected chi connectivity index (χ1v) is 11.6. The number of hydrogen-bond donors (Lipinski definition) is 1. The van der Waals surface area contributed by atoms with E-state index < -0.39 is 0 Å². The molecule has 0 aliphatic heterocycles. The highest BCUT2D eigenvalue weighted by atomic mass is 32.1. The van der Waals surface area contributed by atoms with Crippen molar-refractivity contribution >= 4 is 28.7 Å². The van der Waals surface area contributed by atoms with Gasteiger partial charge in [-0.15, -0.1) is 11.3 Å². The molecular formula is C26H26N4O2S. The molecular weight excluding hydrogens is 432 g/mol. The second kappa shape index (κ2) is 9.50. The lowest BCUT2D eigenvalue weighted by molar-refractivity contribution is -0.115. The van der Waals surface area contributed by atoms with Crippen LogP contribution in [0.1, 0.15) is 51.1 Å². The van der Waals surface area contributed by atoms with E-state index in [1.165, 1.54) is 35.0 Å². The molecule has 0 bridgehead atoms. The number of thiazole rings is 1. The summed E-state index contributed by atoms with van der Waals surface area (Å²) in [5, 5.41) is 10.2. The number of hydrogen-bond acceptors (Lipinski definition) is 5. The smallest absolute Gasteiger partial charge is 0.230 e. The highest BCUT2D eigenvalue weighted by molar-refractivity contribution is 7.12. The molecule has 6 nitrogen and oxygen atoms in total. The maximum atomic E-state index is 12.5. The second-order valence-electron chi connectivity index (χ2n) is 8.20. The number of aromatic nitrogens is 3. The fourth-order valence-electron chi connectivity index (χ4n) is 3.66. The van der Waals surface area contributed by atoms with Gasteiger partial charge in [0.2, 0.25) is 11.0 Å². The van der Waals surface area contributed by atoms with Crippen molar-refractivity contribution in [2.75, 3.05) is 5.32 Å². The van der Waals surface area contributed by atoms with Crippen molar-refractivity contribution in [1.82, 2.24) is 14.8 Å². The number of carbonyl (C=O) groups is 2. The number of nitrogens with zero attached hydrogens (tertiary/aromatic N) is 3. The minimum Gasteiger partial charge on any atom is -0.326 e. The Morgan fingerprint density at radius 2 is 1.70 bits per heavy atom. The van der Waals surface area contributed by atoms with Gasteiger partial charge in [-0.1, -0.05) is 29.8 Å². The summed E-state index contributed by atoms with van der Waals surface area (Å²) in [5.41, 5.74) is 7.70. The first-order valence-electron chi connectivity index (χ1n) is 10.8. The summed E-state index contributed by atoms with van der Waals surface area (Å²) >= 11 is 1.47. The number of benzene rings is 2. The maximum Gasteiger partial charge on any atom is 0.230 e. The number of aryl methyl sites for hydroxylation is 2. The van der Waals surface area contributed by atoms with E-state index >= 15 is 0 Å². The quantitative estimate of drug-likeness (QED) is 0.385. The normalized spacial score (nSPS) is 10.9. The van der Waals surface area contributed by atoms with Gasteiger partial charge in [0, 0.05) is 34.3 Å². The van der Waals surface area contributed by atoms with Crippen molar-refractivity contribution in [3.8, 4) is 5.13 Å². The van der Waals surface area contributed by atoms with Crippen LogP contribution in [0.5, 0.6) is 0 Å². The zero-order valence-corrected chi connectivity index (χ0v) is 20.0. The molecule has 0 unspecified atom stereocenters. The molecule has 2 aromatic heterocycles. The Labute approximate surface area is 197 Å². The van der Waals surface area contributed by atoms with Crippen LogP contribution < -0.4 is 5.32 Å². The van der Waals surface area contributed by atoms with Crippen molar-refractivity contribution in [3.63, 3.8) is 0 Å². The fourth-order valence-corrected chi connectivity index (χ4v) is 4.48. The van der Waals surface area contributed by atoms with E-state index in [4.69, 9.17) is 5.10 Å². The van der Waals surface area contributed by atoms with Gasteiger partial charge in [0.25, 0.3) is 0 Å². The maximum absolute atomic E-state index is 12.5. The third kappa shape index (κ3) is 5.26. The zero-order valence-electron chi connectivity index (χ0n) is 19.2. The van der Waals surface area contributed by atoms with E-state index in [0.717, 1.165) is 22.9 Å². The van der Waals surface area contributed by atoms with Crippen LogP contribution in [0.25, 0.3) is 5.13 Å². The minimum absolute atomic E-state index is 0.00551. The van der Waals surface area contributed by atoms with Gasteiger partial charge in [0.05, 0.1) is 17.8 Å². The van der Waals surface area contributed by atoms with Crippen LogP contribution in [0.3, 0.4) is 0 Å². The standard InChI is InChI=1S/C26H26N4O2S/c1-16-5-7-20(8-6-16)13-24-17(2)29-30(18(24)3)26-28-23(15-33-26)14-25(32)27-22-11-9-21(10-12-22)19(4)31/h5-12,15H,13-14H2,1-4H3,(H,27,32). The predicted octanol–water partition coefficient (Wildman–Crippen LogP) is 5.23. The molecule has 2 aromatic carbocycles. The van der Waals surface area contributed by atoms with Crippen molar-refractivity contribution in [1.29, 1.82) is 0 Å². The molecule has 1 N–H and O–H groups in total. The Morgan fingerprint density at radius 3 is 2.36 bits per heavy atom. The van der Waals surface area contributed by atoms with Crippen LogP contribution in [0.4, 0.5) is 5.69 Å². The summed E-state index contributed by atoms with van der Waals surface area (Å²) in [6.45, 7) is 7.68. The number of amides is 1. The molecule has 0 aliphatic rings. The average molecular weight is 459 g/mol. The number of carbonyl (C=O) groups excluding carboxylic acids is 2. The van der Waals surface area contributed by atoms with E-state index in [1.807, 2.05) is 17.0 Å². The number of ketones is 1. The largest absolute Gasteiger partial charge is 0.326 e. The van der Waals surface area contributed by atoms with Crippen LogP contribution in [-0.4, -0.2) is 26.5 Å². The SMILES string of the molecule is CC(=O)c1ccc(NC(=O)Cc2csc(-n3nc(C)c(Cc4ccc(C)cc4)c3C)n2)cc1. The van der Waals surface area contributed by atoms with Crippen LogP contribution in [0.2, 0.25) is 0 Å². The van der Waals surface area contributed by atoms with Gasteiger partial charge in [-0.3, -0.25) is 9.59 Å². The van der Waals surface area contributed by atoms with Crippen molar-refractivity contribution in [2.45, 2.75) is 40.5 Å². The molecule has 0 radical (unpaired) electrons. The summed E-state index contributed by atoms with van der Waals surface area (Å²) in [4.78, 5) is 28.5. The van der Waals surface area contributed by atoms with Gasteiger partial charge in [0.15, 0.2) is 5.78 Å². The lowest BCUT2D eigenvalue weighted by Gasteiger charge is -2.05. The summed E-state index contributed by atoms with van der Waals surface area (Å²) < 4.78 is 1.87. The molecule has 7 heteroatoms. The van der Waals surface area contributed by atoms with Crippen molar-refractivity contribution in [2.24, 2.45) is 0 Å². The van der Waals surface area contributed by atoms with Crippen LogP contribution in [-0.2, 0) is 17.6 Å². The molecule has 0 aliphatic carbocycles. The predicted molar refractivity (Wildman–Crippen MR) is 131 cm³/mol. The van der Waals surface area contributed by atoms with Gasteiger partial charge < -0.3 is 5.32 Å². The molecule has 1 amide bonds. The van der Waals surface area contributed by atoms with Gasteiger partial charge in [0.1, 0.15) is 0 Å². The number of anilines is 1. The van der Waals surface area contributed by atoms with E-state index in [2.05, 4.69) is 48.4 Å². The van der Waals surface area contributed by atoms with E-state index in [0.29, 0.717) is 16.9 Å². The molecule has 168 valence electrons. The first kappa shape index (κ1) is 22.6. The summed E-state index contributed by atoms with van der Waals surface area (Å²) in [6, 6.07) is 15.4. The molecule has 0 fully saturated rings. The zero-order chi connectivity index (χ0) is 23.5. The van der Waals surface area contributed by atoms with Gasteiger partial charge in [-0.25, -0.2) is 9.67 Å². The fraction of sp³-hybridized carbons (Fsp3) is 0.231. The van der Waals surface area contributed by atoms with Gasteiger partial charge in [-0.05, 0) is 57.5 Å². The Morgan fingerprint density at radius 1 is 1.00 bits per heavy atom. The Bertz CT molecular complexity index is 1300. The third-order valence-electron chi connectivity index (χ3n) is 5.58. The minimum atomic E-state index is -0.157. The first-order chi connectivity index (χ1) is 15.8. The highest BCUT2D eigenvalue weighted by Gasteiger charge is 2.16. The van der Waals surface area contributed by atoms with E-state index in [-0.39, 0.29) is 18.1 Å². The third-order valence-corrected chi connectivity index (χ3v) is 6.45. The van der Waals surface area contributed by atoms with Crippen LogP contribution >= 0.6 is 11.3 Å². The molecule has 4 rings (SSSR count). The number of rotatable bonds is 7. The Kier molecular flexibility index (Phi) is 6.51. The summed E-state index contributed by atoms with van der Waals surface area (Å²) in [7, 11) is 0. The lowest BCUT2D eigenvalue weighted by Crippen LogP contribution is -2.14. The van der Waals surface area contributed by atoms with Crippen LogP contribution in [0, 0.1) is 20.8 Å². The summed E-state index contributed by atoms with van der Waals surface area (Å²) in [6.07, 6.45) is 0.988. The summed E-state index contributed by atoms with van der Waals surface area (Å²) in [5.74, 6) is -0.162. The Hall–Kier alpha value is -3.58. The lowest BCUT2D eigenvalue weighted by atomic mass is 10.0. The van der Waals surface area contributed by atoms with Crippen LogP contribution in [0.15, 0.2) is 53.9 Å². The second-order valence-corrected chi connectivity index (χ2v) is 9.04. The monoisotopic (exact) mass is 458 g/mol. The average Bonchev–Trinajstić information content (AvgIpc) is 3.35. The van der Waals surface area contributed by atoms with E-state index in [9.17, 15) is 9.59 Å². The van der Waals surface area contributed by atoms with Crippen molar-refractivity contribution in [3.05, 3.63) is 93.2 Å². The molecule has 33 heavy (non-hydrogen) atoms. The van der Waals surface area contributed by atoms with Gasteiger partial charge in [-0.2, -0.15) is 5.10 Å². The van der Waals surface area contributed by atoms with Gasteiger partial charge >= 0.3 is 0 Å². The van der Waals surface area contributed by atoms with E-state index in [1.54, 1.807) is 24.3 Å². The number of nitrogens with one attached hydrogen (secondary N) is 1. The molecule has 0 atom stereocenters. The Balaban J connectivity index is 1.45. The molecule has 4 aromatic rings. The van der Waals surface area contributed by atoms with Crippen molar-refractivity contribution < 1.29 is 9.59 Å². The topological polar surface area (TPSA) is 76.9 Å². The molecule has 0 spiro atoms. The molecule has 2 heterocycles. The molecule has 0 saturated carbocycles. The molecule has 0 saturated heterocycles. The number of Topliss-reactive ketones (excluding diaryl/α,β-unsaturated/α-hetero) is 1. The highest BCUT2D eigenvalue weighted by Crippen LogP contribution is 2.23.